The predicted octanol–water partition coefficient (Wildman–Crippen LogP) is 2.26. The summed E-state index contributed by atoms with van der Waals surface area (Å²) in [7, 11) is 0. The van der Waals surface area contributed by atoms with Gasteiger partial charge in [-0.3, -0.25) is 0 Å². The minimum Gasteiger partial charge on any atom is -0.358 e. The number of aromatic nitrogens is 1. The molecule has 1 aromatic heterocycles. The Balaban J connectivity index is 2.23. The highest BCUT2D eigenvalue weighted by Crippen LogP contribution is 1.98. The van der Waals surface area contributed by atoms with Crippen LogP contribution in [0.5, 0.6) is 0 Å². The van der Waals surface area contributed by atoms with E-state index in [1.54, 1.807) is 0 Å². The van der Waals surface area contributed by atoms with Crippen LogP contribution < -0.4 is 0 Å². The van der Waals surface area contributed by atoms with Crippen molar-refractivity contribution in [2.75, 3.05) is 0 Å². The molecule has 2 heteroatoms. The van der Waals surface area contributed by atoms with E-state index in [2.05, 4.69) is 13.8 Å². The first-order valence-corrected chi connectivity index (χ1v) is 4.05. The first-order chi connectivity index (χ1) is 5.33. The smallest absolute Gasteiger partial charge is 0.122 e. The van der Waals surface area contributed by atoms with E-state index in [1.165, 1.54) is 0 Å². The topological polar surface area (TPSA) is 14.2 Å². The summed E-state index contributed by atoms with van der Waals surface area (Å²) in [6.07, 6.45) is 5.43. The summed E-state index contributed by atoms with van der Waals surface area (Å²) < 4.78 is 7.52. The second-order valence-corrected chi connectivity index (χ2v) is 2.71. The molecule has 1 unspecified atom stereocenters. The Morgan fingerprint density at radius 2 is 2.00 bits per heavy atom. The van der Waals surface area contributed by atoms with Gasteiger partial charge in [-0.2, -0.15) is 0 Å². The number of hydrogen-bond acceptors (Lipinski definition) is 1. The van der Waals surface area contributed by atoms with Gasteiger partial charge in [0.1, 0.15) is 6.73 Å². The normalized spacial score (nSPS) is 13.3. The highest BCUT2D eigenvalue weighted by atomic mass is 16.5. The molecule has 0 amide bonds. The molecular formula is C9H15NO. The second-order valence-electron chi connectivity index (χ2n) is 2.71. The average molecular weight is 153 g/mol. The fourth-order valence-corrected chi connectivity index (χ4v) is 0.787. The SMILES string of the molecule is CCC(C)OCn1cccc1. The van der Waals surface area contributed by atoms with Crippen molar-refractivity contribution in [1.29, 1.82) is 0 Å². The van der Waals surface area contributed by atoms with E-state index in [0.717, 1.165) is 6.42 Å². The van der Waals surface area contributed by atoms with Crippen LogP contribution in [0.25, 0.3) is 0 Å². The molecule has 1 aromatic rings. The molecule has 62 valence electrons. The van der Waals surface area contributed by atoms with E-state index >= 15 is 0 Å². The summed E-state index contributed by atoms with van der Waals surface area (Å²) in [4.78, 5) is 0. The Labute approximate surface area is 67.8 Å². The monoisotopic (exact) mass is 153 g/mol. The van der Waals surface area contributed by atoms with Gasteiger partial charge >= 0.3 is 0 Å². The zero-order valence-electron chi connectivity index (χ0n) is 7.16. The van der Waals surface area contributed by atoms with Crippen molar-refractivity contribution in [2.24, 2.45) is 0 Å². The van der Waals surface area contributed by atoms with Crippen LogP contribution in [0.3, 0.4) is 0 Å². The Kier molecular flexibility index (Phi) is 3.17. The molecule has 11 heavy (non-hydrogen) atoms. The van der Waals surface area contributed by atoms with E-state index in [9.17, 15) is 0 Å². The van der Waals surface area contributed by atoms with Gasteiger partial charge in [0.15, 0.2) is 0 Å². The molecule has 2 nitrogen and oxygen atoms in total. The highest BCUT2D eigenvalue weighted by molar-refractivity contribution is 4.89. The molecule has 0 aliphatic carbocycles. The molecule has 0 N–H and O–H groups in total. The number of nitrogens with zero attached hydrogens (tertiary/aromatic N) is 1. The average Bonchev–Trinajstić information content (AvgIpc) is 2.52. The van der Waals surface area contributed by atoms with Gasteiger partial charge < -0.3 is 9.30 Å². The minimum atomic E-state index is 0.359. The van der Waals surface area contributed by atoms with Crippen LogP contribution in [-0.2, 0) is 11.5 Å². The molecule has 0 radical (unpaired) electrons. The Bertz CT molecular complexity index is 181. The van der Waals surface area contributed by atoms with Gasteiger partial charge in [-0.1, -0.05) is 6.92 Å². The molecular weight excluding hydrogens is 138 g/mol. The third-order valence-electron chi connectivity index (χ3n) is 1.75. The van der Waals surface area contributed by atoms with Crippen LogP contribution in [0.4, 0.5) is 0 Å². The van der Waals surface area contributed by atoms with E-state index in [0.29, 0.717) is 12.8 Å². The van der Waals surface area contributed by atoms with Crippen molar-refractivity contribution >= 4 is 0 Å². The molecule has 0 fully saturated rings. The Morgan fingerprint density at radius 3 is 2.55 bits per heavy atom. The fourth-order valence-electron chi connectivity index (χ4n) is 0.787. The van der Waals surface area contributed by atoms with Crippen molar-refractivity contribution in [3.63, 3.8) is 0 Å². The molecule has 0 saturated carbocycles. The van der Waals surface area contributed by atoms with E-state index in [4.69, 9.17) is 4.74 Å². The summed E-state index contributed by atoms with van der Waals surface area (Å²) in [6.45, 7) is 4.88. The summed E-state index contributed by atoms with van der Waals surface area (Å²) in [6, 6.07) is 4.00. The third-order valence-corrected chi connectivity index (χ3v) is 1.75. The summed E-state index contributed by atoms with van der Waals surface area (Å²) in [5.41, 5.74) is 0. The first-order valence-electron chi connectivity index (χ1n) is 4.05. The maximum atomic E-state index is 5.50. The molecule has 0 spiro atoms. The van der Waals surface area contributed by atoms with Gasteiger partial charge in [0.2, 0.25) is 0 Å². The summed E-state index contributed by atoms with van der Waals surface area (Å²) >= 11 is 0. The molecule has 0 aliphatic rings. The quantitative estimate of drug-likeness (QED) is 0.647. The van der Waals surface area contributed by atoms with Crippen molar-refractivity contribution in [3.05, 3.63) is 24.5 Å². The Hall–Kier alpha value is -0.760. The van der Waals surface area contributed by atoms with Crippen LogP contribution in [0.1, 0.15) is 20.3 Å². The lowest BCUT2D eigenvalue weighted by Crippen LogP contribution is -2.09. The predicted molar refractivity (Wildman–Crippen MR) is 45.3 cm³/mol. The molecule has 0 aliphatic heterocycles. The number of hydrogen-bond donors (Lipinski definition) is 0. The fraction of sp³-hybridized carbons (Fsp3) is 0.556. The van der Waals surface area contributed by atoms with Crippen LogP contribution in [-0.4, -0.2) is 10.7 Å². The van der Waals surface area contributed by atoms with E-state index < -0.39 is 0 Å². The van der Waals surface area contributed by atoms with Crippen molar-refractivity contribution < 1.29 is 4.74 Å². The van der Waals surface area contributed by atoms with Gasteiger partial charge in [-0.25, -0.2) is 0 Å². The minimum absolute atomic E-state index is 0.359. The lowest BCUT2D eigenvalue weighted by Gasteiger charge is -2.10. The molecule has 1 heterocycles. The van der Waals surface area contributed by atoms with Crippen molar-refractivity contribution in [1.82, 2.24) is 4.57 Å². The molecule has 0 aromatic carbocycles. The van der Waals surface area contributed by atoms with Crippen LogP contribution in [0, 0.1) is 0 Å². The summed E-state index contributed by atoms with van der Waals surface area (Å²) in [5.74, 6) is 0. The Morgan fingerprint density at radius 1 is 1.36 bits per heavy atom. The lowest BCUT2D eigenvalue weighted by atomic mass is 10.3. The first kappa shape index (κ1) is 8.34. The molecule has 1 rings (SSSR count). The third kappa shape index (κ3) is 2.76. The number of ether oxygens (including phenoxy) is 1. The standard InChI is InChI=1S/C9H15NO/c1-3-9(2)11-8-10-6-4-5-7-10/h4-7,9H,3,8H2,1-2H3. The summed E-state index contributed by atoms with van der Waals surface area (Å²) in [5, 5.41) is 0. The van der Waals surface area contributed by atoms with E-state index in [1.807, 2.05) is 29.1 Å². The van der Waals surface area contributed by atoms with Gasteiger partial charge in [0.05, 0.1) is 6.10 Å². The highest BCUT2D eigenvalue weighted by Gasteiger charge is 1.96. The molecule has 0 bridgehead atoms. The maximum absolute atomic E-state index is 5.50. The van der Waals surface area contributed by atoms with Crippen molar-refractivity contribution in [2.45, 2.75) is 33.1 Å². The zero-order chi connectivity index (χ0) is 8.10. The molecule has 0 saturated heterocycles. The van der Waals surface area contributed by atoms with Gasteiger partial charge in [-0.05, 0) is 25.5 Å². The zero-order valence-corrected chi connectivity index (χ0v) is 7.16. The largest absolute Gasteiger partial charge is 0.358 e. The van der Waals surface area contributed by atoms with Crippen LogP contribution >= 0.6 is 0 Å². The van der Waals surface area contributed by atoms with E-state index in [-0.39, 0.29) is 0 Å². The van der Waals surface area contributed by atoms with Gasteiger partial charge in [-0.15, -0.1) is 0 Å². The van der Waals surface area contributed by atoms with Crippen LogP contribution in [0.15, 0.2) is 24.5 Å². The lowest BCUT2D eigenvalue weighted by molar-refractivity contribution is 0.0162. The van der Waals surface area contributed by atoms with Crippen LogP contribution in [0.2, 0.25) is 0 Å². The van der Waals surface area contributed by atoms with Gasteiger partial charge in [0.25, 0.3) is 0 Å². The van der Waals surface area contributed by atoms with Gasteiger partial charge in [0, 0.05) is 12.4 Å². The molecule has 1 atom stereocenters. The van der Waals surface area contributed by atoms with Crippen molar-refractivity contribution in [3.8, 4) is 0 Å². The second kappa shape index (κ2) is 4.19. The maximum Gasteiger partial charge on any atom is 0.122 e. The number of rotatable bonds is 4.